The molecule has 0 aliphatic heterocycles. The second-order valence-corrected chi connectivity index (χ2v) is 4.07. The van der Waals surface area contributed by atoms with Crippen LogP contribution in [0.5, 0.6) is 0 Å². The van der Waals surface area contributed by atoms with E-state index in [4.69, 9.17) is 14.5 Å². The minimum atomic E-state index is -0.0937. The molecule has 0 aliphatic rings. The van der Waals surface area contributed by atoms with E-state index < -0.39 is 0 Å². The van der Waals surface area contributed by atoms with Crippen molar-refractivity contribution in [3.8, 4) is 6.07 Å². The number of hydrogen-bond donors (Lipinski definition) is 0. The van der Waals surface area contributed by atoms with E-state index in [1.54, 1.807) is 0 Å². The molecule has 17 heavy (non-hydrogen) atoms. The third kappa shape index (κ3) is 4.16. The van der Waals surface area contributed by atoms with Crippen LogP contribution in [0.1, 0.15) is 51.4 Å². The second-order valence-electron chi connectivity index (χ2n) is 4.07. The van der Waals surface area contributed by atoms with E-state index >= 15 is 0 Å². The van der Waals surface area contributed by atoms with Crippen LogP contribution in [0.3, 0.4) is 0 Å². The first kappa shape index (κ1) is 13.7. The number of nitrogens with zero attached hydrogens (tertiary/aromatic N) is 3. The van der Waals surface area contributed by atoms with Crippen molar-refractivity contribution in [2.45, 2.75) is 46.1 Å². The monoisotopic (exact) mass is 237 g/mol. The Labute approximate surface area is 102 Å². The lowest BCUT2D eigenvalue weighted by Gasteiger charge is -2.09. The zero-order chi connectivity index (χ0) is 12.7. The van der Waals surface area contributed by atoms with Gasteiger partial charge in [0.1, 0.15) is 6.10 Å². The summed E-state index contributed by atoms with van der Waals surface area (Å²) in [4.78, 5) is 4.31. The van der Waals surface area contributed by atoms with Crippen LogP contribution in [0, 0.1) is 17.2 Å². The Kier molecular flexibility index (Phi) is 5.64. The molecule has 0 saturated carbocycles. The van der Waals surface area contributed by atoms with Crippen molar-refractivity contribution in [1.29, 1.82) is 5.26 Å². The highest BCUT2D eigenvalue weighted by Crippen LogP contribution is 2.19. The van der Waals surface area contributed by atoms with Gasteiger partial charge in [0.25, 0.3) is 0 Å². The van der Waals surface area contributed by atoms with Crippen molar-refractivity contribution in [1.82, 2.24) is 10.1 Å². The van der Waals surface area contributed by atoms with Gasteiger partial charge < -0.3 is 9.26 Å². The van der Waals surface area contributed by atoms with Crippen molar-refractivity contribution >= 4 is 0 Å². The Hall–Kier alpha value is -1.41. The fourth-order valence-electron chi connectivity index (χ4n) is 1.58. The third-order valence-electron chi connectivity index (χ3n) is 2.47. The number of aromatic nitrogens is 2. The van der Waals surface area contributed by atoms with Gasteiger partial charge in [-0.25, -0.2) is 0 Å². The molecule has 0 saturated heterocycles. The first-order valence-corrected chi connectivity index (χ1v) is 6.02. The second kappa shape index (κ2) is 7.02. The van der Waals surface area contributed by atoms with Gasteiger partial charge in [0.05, 0.1) is 6.07 Å². The van der Waals surface area contributed by atoms with E-state index in [0.717, 1.165) is 6.42 Å². The van der Waals surface area contributed by atoms with E-state index in [0.29, 0.717) is 31.2 Å². The quantitative estimate of drug-likeness (QED) is 0.729. The first-order chi connectivity index (χ1) is 8.21. The highest BCUT2D eigenvalue weighted by Gasteiger charge is 2.17. The molecule has 5 nitrogen and oxygen atoms in total. The molecule has 5 heteroatoms. The number of hydrogen-bond acceptors (Lipinski definition) is 5. The lowest BCUT2D eigenvalue weighted by Crippen LogP contribution is -2.05. The van der Waals surface area contributed by atoms with Gasteiger partial charge in [0.2, 0.25) is 11.7 Å². The summed E-state index contributed by atoms with van der Waals surface area (Å²) in [6.45, 7) is 6.59. The third-order valence-corrected chi connectivity index (χ3v) is 2.47. The van der Waals surface area contributed by atoms with Crippen molar-refractivity contribution < 1.29 is 9.26 Å². The largest absolute Gasteiger partial charge is 0.370 e. The van der Waals surface area contributed by atoms with Gasteiger partial charge in [-0.15, -0.1) is 0 Å². The van der Waals surface area contributed by atoms with E-state index in [-0.39, 0.29) is 12.0 Å². The predicted molar refractivity (Wildman–Crippen MR) is 62.1 cm³/mol. The average Bonchev–Trinajstić information content (AvgIpc) is 2.74. The lowest BCUT2D eigenvalue weighted by atomic mass is 10.1. The summed E-state index contributed by atoms with van der Waals surface area (Å²) in [6, 6.07) is 2.13. The maximum absolute atomic E-state index is 8.58. The van der Waals surface area contributed by atoms with E-state index in [1.807, 2.05) is 20.8 Å². The lowest BCUT2D eigenvalue weighted by molar-refractivity contribution is 0.0518. The molecule has 0 spiro atoms. The van der Waals surface area contributed by atoms with Gasteiger partial charge in [0.15, 0.2) is 0 Å². The van der Waals surface area contributed by atoms with Gasteiger partial charge in [-0.3, -0.25) is 0 Å². The molecule has 1 aromatic heterocycles. The molecule has 0 amide bonds. The van der Waals surface area contributed by atoms with Crippen LogP contribution in [0.25, 0.3) is 0 Å². The van der Waals surface area contributed by atoms with Crippen LogP contribution in [0.4, 0.5) is 0 Å². The van der Waals surface area contributed by atoms with Crippen molar-refractivity contribution in [3.05, 3.63) is 11.7 Å². The highest BCUT2D eigenvalue weighted by molar-refractivity contribution is 4.92. The number of rotatable bonds is 7. The number of nitriles is 1. The van der Waals surface area contributed by atoms with Gasteiger partial charge in [-0.1, -0.05) is 19.0 Å². The van der Waals surface area contributed by atoms with E-state index in [9.17, 15) is 0 Å². The zero-order valence-corrected chi connectivity index (χ0v) is 10.6. The SMILES string of the molecule is CCOC(CC)c1noc(CC(C)CC#N)n1. The molecule has 1 heterocycles. The summed E-state index contributed by atoms with van der Waals surface area (Å²) in [5, 5.41) is 12.5. The topological polar surface area (TPSA) is 71.9 Å². The Morgan fingerprint density at radius 3 is 2.82 bits per heavy atom. The first-order valence-electron chi connectivity index (χ1n) is 6.02. The van der Waals surface area contributed by atoms with E-state index in [2.05, 4.69) is 16.2 Å². The molecular weight excluding hydrogens is 218 g/mol. The highest BCUT2D eigenvalue weighted by atomic mass is 16.5. The molecule has 0 N–H and O–H groups in total. The zero-order valence-electron chi connectivity index (χ0n) is 10.6. The Morgan fingerprint density at radius 1 is 1.47 bits per heavy atom. The van der Waals surface area contributed by atoms with E-state index in [1.165, 1.54) is 0 Å². The fraction of sp³-hybridized carbons (Fsp3) is 0.750. The fourth-order valence-corrected chi connectivity index (χ4v) is 1.58. The van der Waals surface area contributed by atoms with Crippen LogP contribution in [0.15, 0.2) is 4.52 Å². The van der Waals surface area contributed by atoms with Gasteiger partial charge in [-0.2, -0.15) is 10.2 Å². The molecule has 94 valence electrons. The molecule has 0 aliphatic carbocycles. The average molecular weight is 237 g/mol. The molecular formula is C12H19N3O2. The summed E-state index contributed by atoms with van der Waals surface area (Å²) in [5.41, 5.74) is 0. The molecule has 0 radical (unpaired) electrons. The van der Waals surface area contributed by atoms with Crippen LogP contribution >= 0.6 is 0 Å². The summed E-state index contributed by atoms with van der Waals surface area (Å²) >= 11 is 0. The summed E-state index contributed by atoms with van der Waals surface area (Å²) in [6.07, 6.45) is 1.87. The molecule has 2 unspecified atom stereocenters. The van der Waals surface area contributed by atoms with Crippen LogP contribution < -0.4 is 0 Å². The molecule has 0 aromatic carbocycles. The minimum Gasteiger partial charge on any atom is -0.370 e. The van der Waals surface area contributed by atoms with Crippen LogP contribution in [-0.4, -0.2) is 16.7 Å². The Balaban J connectivity index is 2.61. The van der Waals surface area contributed by atoms with Crippen molar-refractivity contribution in [2.24, 2.45) is 5.92 Å². The maximum atomic E-state index is 8.58. The maximum Gasteiger partial charge on any atom is 0.227 e. The summed E-state index contributed by atoms with van der Waals surface area (Å²) in [7, 11) is 0. The predicted octanol–water partition coefficient (Wildman–Crippen LogP) is 2.65. The van der Waals surface area contributed by atoms with Crippen molar-refractivity contribution in [3.63, 3.8) is 0 Å². The molecule has 1 rings (SSSR count). The van der Waals surface area contributed by atoms with Gasteiger partial charge in [0, 0.05) is 19.4 Å². The summed E-state index contributed by atoms with van der Waals surface area (Å²) in [5.74, 6) is 1.43. The van der Waals surface area contributed by atoms with Crippen molar-refractivity contribution in [2.75, 3.05) is 6.61 Å². The minimum absolute atomic E-state index is 0.0937. The number of ether oxygens (including phenoxy) is 1. The Morgan fingerprint density at radius 2 is 2.24 bits per heavy atom. The molecule has 2 atom stereocenters. The molecule has 0 bridgehead atoms. The van der Waals surface area contributed by atoms with Gasteiger partial charge >= 0.3 is 0 Å². The standard InChI is InChI=1S/C12H19N3O2/c1-4-10(16-5-2)12-14-11(17-15-12)8-9(3)6-7-13/h9-10H,4-6,8H2,1-3H3. The van der Waals surface area contributed by atoms with Crippen LogP contribution in [-0.2, 0) is 11.2 Å². The van der Waals surface area contributed by atoms with Crippen LogP contribution in [0.2, 0.25) is 0 Å². The summed E-state index contributed by atoms with van der Waals surface area (Å²) < 4.78 is 10.7. The Bertz CT molecular complexity index is 370. The molecule has 0 fully saturated rings. The smallest absolute Gasteiger partial charge is 0.227 e. The molecule has 1 aromatic rings. The normalized spacial score (nSPS) is 14.2. The van der Waals surface area contributed by atoms with Gasteiger partial charge in [-0.05, 0) is 19.3 Å².